The predicted octanol–water partition coefficient (Wildman–Crippen LogP) is 3.68. The Labute approximate surface area is 155 Å². The molecule has 1 fully saturated rings. The molecule has 0 aromatic heterocycles. The van der Waals surface area contributed by atoms with Crippen LogP contribution < -0.4 is 5.32 Å². The predicted molar refractivity (Wildman–Crippen MR) is 96.5 cm³/mol. The molecule has 1 aromatic rings. The Kier molecular flexibility index (Phi) is 5.50. The lowest BCUT2D eigenvalue weighted by Crippen LogP contribution is -2.52. The lowest BCUT2D eigenvalue weighted by molar-refractivity contribution is -0.137. The molecule has 1 N–H and O–H groups in total. The molecule has 1 atom stereocenters. The number of alkyl halides is 3. The first kappa shape index (κ1) is 19.3. The molecule has 2 aliphatic heterocycles. The van der Waals surface area contributed by atoms with Crippen molar-refractivity contribution in [3.63, 3.8) is 0 Å². The largest absolute Gasteiger partial charge is 0.416 e. The van der Waals surface area contributed by atoms with Crippen LogP contribution in [0.15, 0.2) is 34.4 Å². The highest BCUT2D eigenvalue weighted by molar-refractivity contribution is 5.87. The molecule has 0 amide bonds. The van der Waals surface area contributed by atoms with Gasteiger partial charge >= 0.3 is 6.18 Å². The molecule has 2 heterocycles. The Morgan fingerprint density at radius 2 is 1.93 bits per heavy atom. The number of rotatable bonds is 2. The van der Waals surface area contributed by atoms with Gasteiger partial charge in [0.15, 0.2) is 0 Å². The van der Waals surface area contributed by atoms with E-state index in [1.807, 2.05) is 4.90 Å². The number of halogens is 4. The summed E-state index contributed by atoms with van der Waals surface area (Å²) in [6.45, 7) is 6.24. The third-order valence-corrected chi connectivity index (χ3v) is 4.43. The maximum Gasteiger partial charge on any atom is 0.416 e. The van der Waals surface area contributed by atoms with Gasteiger partial charge in [0, 0.05) is 38.0 Å². The number of hydrogen-bond donors (Lipinski definition) is 1. The Morgan fingerprint density at radius 3 is 2.52 bits per heavy atom. The van der Waals surface area contributed by atoms with Gasteiger partial charge in [0.2, 0.25) is 5.96 Å². The zero-order valence-electron chi connectivity index (χ0n) is 15.1. The summed E-state index contributed by atoms with van der Waals surface area (Å²) in [6, 6.07) is 0.781. The van der Waals surface area contributed by atoms with Crippen molar-refractivity contribution in [2.24, 2.45) is 10.1 Å². The summed E-state index contributed by atoms with van der Waals surface area (Å²) in [5, 5.41) is 9.10. The molecule has 9 heteroatoms. The van der Waals surface area contributed by atoms with Gasteiger partial charge in [-0.1, -0.05) is 12.2 Å². The Morgan fingerprint density at radius 1 is 1.22 bits per heavy atom. The van der Waals surface area contributed by atoms with Crippen LogP contribution in [0, 0.1) is 5.82 Å². The first-order valence-electron chi connectivity index (χ1n) is 8.72. The number of allylic oxidation sites excluding steroid dienone is 1. The van der Waals surface area contributed by atoms with Gasteiger partial charge in [-0.15, -0.1) is 0 Å². The zero-order chi connectivity index (χ0) is 19.6. The number of guanidine groups is 1. The van der Waals surface area contributed by atoms with Gasteiger partial charge in [0.05, 0.1) is 5.56 Å². The van der Waals surface area contributed by atoms with E-state index in [0.29, 0.717) is 25.1 Å². The van der Waals surface area contributed by atoms with Gasteiger partial charge in [-0.2, -0.15) is 18.3 Å². The molecule has 2 aliphatic rings. The first-order valence-corrected chi connectivity index (χ1v) is 8.72. The van der Waals surface area contributed by atoms with Gasteiger partial charge in [0.25, 0.3) is 0 Å². The number of nitrogens with zero attached hydrogens (tertiary/aromatic N) is 4. The van der Waals surface area contributed by atoms with E-state index in [4.69, 9.17) is 0 Å². The highest BCUT2D eigenvalue weighted by Gasteiger charge is 2.38. The van der Waals surface area contributed by atoms with Crippen LogP contribution in [0.2, 0.25) is 0 Å². The highest BCUT2D eigenvalue weighted by atomic mass is 19.4. The van der Waals surface area contributed by atoms with E-state index < -0.39 is 23.6 Å². The molecular weight excluding hydrogens is 362 g/mol. The zero-order valence-corrected chi connectivity index (χ0v) is 15.1. The minimum Gasteiger partial charge on any atom is -0.338 e. The maximum absolute atomic E-state index is 14.6. The molecule has 3 rings (SSSR count). The van der Waals surface area contributed by atoms with Crippen molar-refractivity contribution < 1.29 is 17.6 Å². The Hall–Kier alpha value is -2.42. The van der Waals surface area contributed by atoms with Crippen LogP contribution in [0.25, 0.3) is 0 Å². The van der Waals surface area contributed by atoms with Crippen molar-refractivity contribution in [2.75, 3.05) is 26.2 Å². The van der Waals surface area contributed by atoms with E-state index in [0.717, 1.165) is 19.2 Å². The molecular formula is C18H21F4N5. The minimum absolute atomic E-state index is 0.0674. The number of nitrogens with one attached hydrogen (secondary N) is 1. The topological polar surface area (TPSA) is 43.2 Å². The summed E-state index contributed by atoms with van der Waals surface area (Å²) < 4.78 is 54.2. The number of piperazine rings is 1. The third-order valence-electron chi connectivity index (χ3n) is 4.43. The highest BCUT2D eigenvalue weighted by Crippen LogP contribution is 2.42. The van der Waals surface area contributed by atoms with Crippen molar-refractivity contribution >= 4 is 17.9 Å². The van der Waals surface area contributed by atoms with Crippen LogP contribution in [0.5, 0.6) is 0 Å². The number of hydrogen-bond acceptors (Lipinski definition) is 5. The standard InChI is InChI=1S/C18H21F4N5/c1-3-5-15-13-10-12(18(20,21)22)11-14(19)16(13)25-17(27(15)24-4-2)26-8-6-23-7-9-26/h3-5,10-11,15,23H,6-9H2,1-2H3/b5-3+,24-4-. The van der Waals surface area contributed by atoms with E-state index in [1.165, 1.54) is 0 Å². The van der Waals surface area contributed by atoms with E-state index in [9.17, 15) is 17.6 Å². The smallest absolute Gasteiger partial charge is 0.338 e. The summed E-state index contributed by atoms with van der Waals surface area (Å²) in [7, 11) is 0. The summed E-state index contributed by atoms with van der Waals surface area (Å²) in [5.74, 6) is -0.550. The van der Waals surface area contributed by atoms with Crippen LogP contribution in [-0.2, 0) is 6.18 Å². The van der Waals surface area contributed by atoms with Gasteiger partial charge < -0.3 is 10.2 Å². The fraction of sp³-hybridized carbons (Fsp3) is 0.444. The average Bonchev–Trinajstić information content (AvgIpc) is 2.63. The van der Waals surface area contributed by atoms with Crippen molar-refractivity contribution in [1.82, 2.24) is 15.2 Å². The number of fused-ring (bicyclic) bond motifs is 1. The van der Waals surface area contributed by atoms with Gasteiger partial charge in [0.1, 0.15) is 17.5 Å². The normalized spacial score (nSPS) is 21.1. The fourth-order valence-corrected chi connectivity index (χ4v) is 3.23. The SMILES string of the molecule is C/C=N\N1C(N2CCNCC2)=Nc2c(F)cc(C(F)(F)F)cc2C1/C=C/C. The number of benzene rings is 1. The molecule has 0 spiro atoms. The molecule has 1 saturated heterocycles. The van der Waals surface area contributed by atoms with Gasteiger partial charge in [-0.05, 0) is 26.0 Å². The van der Waals surface area contributed by atoms with E-state index in [2.05, 4.69) is 15.4 Å². The van der Waals surface area contributed by atoms with E-state index >= 15 is 0 Å². The van der Waals surface area contributed by atoms with Crippen molar-refractivity contribution in [3.8, 4) is 0 Å². The minimum atomic E-state index is -4.64. The first-order chi connectivity index (χ1) is 12.9. The van der Waals surface area contributed by atoms with E-state index in [1.54, 1.807) is 37.2 Å². The third kappa shape index (κ3) is 3.83. The maximum atomic E-state index is 14.6. The van der Waals surface area contributed by atoms with Crippen LogP contribution in [0.4, 0.5) is 23.2 Å². The van der Waals surface area contributed by atoms with Gasteiger partial charge in [-0.3, -0.25) is 0 Å². The summed E-state index contributed by atoms with van der Waals surface area (Å²) in [6.07, 6.45) is 0.314. The molecule has 0 saturated carbocycles. The molecule has 1 aromatic carbocycles. The second kappa shape index (κ2) is 7.67. The van der Waals surface area contributed by atoms with Crippen molar-refractivity contribution in [2.45, 2.75) is 26.1 Å². The molecule has 0 bridgehead atoms. The second-order valence-corrected chi connectivity index (χ2v) is 6.23. The van der Waals surface area contributed by atoms with Crippen LogP contribution in [0.1, 0.15) is 31.0 Å². The second-order valence-electron chi connectivity index (χ2n) is 6.23. The van der Waals surface area contributed by atoms with Gasteiger partial charge in [-0.25, -0.2) is 14.4 Å². The summed E-state index contributed by atoms with van der Waals surface area (Å²) >= 11 is 0. The molecule has 0 aliphatic carbocycles. The lowest BCUT2D eigenvalue weighted by atomic mass is 9.98. The van der Waals surface area contributed by atoms with Crippen LogP contribution in [0.3, 0.4) is 0 Å². The van der Waals surface area contributed by atoms with Crippen molar-refractivity contribution in [3.05, 3.63) is 41.2 Å². The molecule has 5 nitrogen and oxygen atoms in total. The van der Waals surface area contributed by atoms with Crippen molar-refractivity contribution in [1.29, 1.82) is 0 Å². The van der Waals surface area contributed by atoms with Crippen LogP contribution in [-0.4, -0.2) is 48.3 Å². The lowest BCUT2D eigenvalue weighted by Gasteiger charge is -2.40. The molecule has 146 valence electrons. The summed E-state index contributed by atoms with van der Waals surface area (Å²) in [4.78, 5) is 6.33. The quantitative estimate of drug-likeness (QED) is 0.481. The number of hydrazone groups is 1. The van der Waals surface area contributed by atoms with E-state index in [-0.39, 0.29) is 11.3 Å². The molecule has 0 radical (unpaired) electrons. The number of aliphatic imine (C=N–C) groups is 1. The molecule has 27 heavy (non-hydrogen) atoms. The fourth-order valence-electron chi connectivity index (χ4n) is 3.23. The monoisotopic (exact) mass is 383 g/mol. The Balaban J connectivity index is 2.19. The van der Waals surface area contributed by atoms with Crippen LogP contribution >= 0.6 is 0 Å². The Bertz CT molecular complexity index is 779. The summed E-state index contributed by atoms with van der Waals surface area (Å²) in [5.41, 5.74) is -0.957. The average molecular weight is 383 g/mol. The molecule has 1 unspecified atom stereocenters.